The Hall–Kier alpha value is -1.58. The largest absolute Gasteiger partial charge is 0.368 e. The van der Waals surface area contributed by atoms with Crippen LogP contribution in [0.3, 0.4) is 0 Å². The molecule has 0 aliphatic carbocycles. The zero-order valence-electron chi connectivity index (χ0n) is 13.4. The van der Waals surface area contributed by atoms with Crippen molar-refractivity contribution in [3.05, 3.63) is 23.9 Å². The molecule has 1 aromatic rings. The molecular weight excluding hydrogens is 262 g/mol. The fourth-order valence-corrected chi connectivity index (χ4v) is 3.05. The number of aromatic nitrogens is 1. The summed E-state index contributed by atoms with van der Waals surface area (Å²) < 4.78 is 0. The van der Waals surface area contributed by atoms with Crippen LogP contribution < -0.4 is 5.32 Å². The molecule has 1 N–H and O–H groups in total. The number of hydrogen-bond donors (Lipinski definition) is 1. The lowest BCUT2D eigenvalue weighted by Gasteiger charge is -2.35. The van der Waals surface area contributed by atoms with Gasteiger partial charge in [0.1, 0.15) is 5.82 Å². The van der Waals surface area contributed by atoms with Gasteiger partial charge >= 0.3 is 0 Å². The SMILES string of the molecule is CC(=O)N1CCCCC1CCc1ccnc(NC(C)C)c1. The summed E-state index contributed by atoms with van der Waals surface area (Å²) in [6, 6.07) is 5.00. The first kappa shape index (κ1) is 15.8. The van der Waals surface area contributed by atoms with E-state index in [1.54, 1.807) is 6.92 Å². The van der Waals surface area contributed by atoms with Crippen molar-refractivity contribution in [2.45, 2.75) is 65.0 Å². The number of hydrogen-bond acceptors (Lipinski definition) is 3. The molecule has 4 heteroatoms. The van der Waals surface area contributed by atoms with E-state index in [-0.39, 0.29) is 5.91 Å². The predicted octanol–water partition coefficient (Wildman–Crippen LogP) is 3.24. The predicted molar refractivity (Wildman–Crippen MR) is 86.3 cm³/mol. The van der Waals surface area contributed by atoms with E-state index in [1.807, 2.05) is 6.20 Å². The van der Waals surface area contributed by atoms with Crippen molar-refractivity contribution in [2.24, 2.45) is 0 Å². The van der Waals surface area contributed by atoms with Gasteiger partial charge in [-0.3, -0.25) is 4.79 Å². The van der Waals surface area contributed by atoms with Crippen LogP contribution >= 0.6 is 0 Å². The van der Waals surface area contributed by atoms with Gasteiger partial charge < -0.3 is 10.2 Å². The molecule has 0 aromatic carbocycles. The molecule has 1 aliphatic rings. The highest BCUT2D eigenvalue weighted by atomic mass is 16.2. The van der Waals surface area contributed by atoms with Crippen molar-refractivity contribution in [3.8, 4) is 0 Å². The van der Waals surface area contributed by atoms with Gasteiger partial charge in [0, 0.05) is 31.7 Å². The lowest BCUT2D eigenvalue weighted by molar-refractivity contribution is -0.132. The van der Waals surface area contributed by atoms with Crippen LogP contribution in [0.4, 0.5) is 5.82 Å². The van der Waals surface area contributed by atoms with Crippen molar-refractivity contribution in [3.63, 3.8) is 0 Å². The molecule has 21 heavy (non-hydrogen) atoms. The Morgan fingerprint density at radius 3 is 3.00 bits per heavy atom. The highest BCUT2D eigenvalue weighted by Gasteiger charge is 2.23. The maximum Gasteiger partial charge on any atom is 0.219 e. The Labute approximate surface area is 127 Å². The molecule has 1 amide bonds. The number of nitrogens with one attached hydrogen (secondary N) is 1. The first-order chi connectivity index (χ1) is 10.1. The van der Waals surface area contributed by atoms with Crippen LogP contribution in [0.5, 0.6) is 0 Å². The number of pyridine rings is 1. The van der Waals surface area contributed by atoms with E-state index in [0.717, 1.165) is 38.0 Å². The molecule has 1 aliphatic heterocycles. The van der Waals surface area contributed by atoms with Crippen LogP contribution in [-0.2, 0) is 11.2 Å². The standard InChI is InChI=1S/C17H27N3O/c1-13(2)19-17-12-15(9-10-18-17)7-8-16-6-4-5-11-20(16)14(3)21/h9-10,12-13,16H,4-8,11H2,1-3H3,(H,18,19). The highest BCUT2D eigenvalue weighted by molar-refractivity contribution is 5.73. The minimum absolute atomic E-state index is 0.219. The van der Waals surface area contributed by atoms with Gasteiger partial charge in [0.15, 0.2) is 0 Å². The second-order valence-corrected chi connectivity index (χ2v) is 6.25. The summed E-state index contributed by atoms with van der Waals surface area (Å²) in [5, 5.41) is 3.33. The lowest BCUT2D eigenvalue weighted by atomic mass is 9.96. The summed E-state index contributed by atoms with van der Waals surface area (Å²) in [5.74, 6) is 1.16. The van der Waals surface area contributed by atoms with Crippen LogP contribution in [0.1, 0.15) is 52.0 Å². The number of carbonyl (C=O) groups excluding carboxylic acids is 1. The van der Waals surface area contributed by atoms with Gasteiger partial charge in [0.05, 0.1) is 0 Å². The zero-order valence-corrected chi connectivity index (χ0v) is 13.4. The average molecular weight is 289 g/mol. The summed E-state index contributed by atoms with van der Waals surface area (Å²) >= 11 is 0. The van der Waals surface area contributed by atoms with Gasteiger partial charge in [0.25, 0.3) is 0 Å². The third kappa shape index (κ3) is 4.73. The summed E-state index contributed by atoms with van der Waals surface area (Å²) in [4.78, 5) is 18.1. The van der Waals surface area contributed by atoms with Crippen LogP contribution in [-0.4, -0.2) is 34.4 Å². The highest BCUT2D eigenvalue weighted by Crippen LogP contribution is 2.22. The van der Waals surface area contributed by atoms with Crippen molar-refractivity contribution in [2.75, 3.05) is 11.9 Å². The molecule has 0 bridgehead atoms. The Bertz CT molecular complexity index is 473. The number of nitrogens with zero attached hydrogens (tertiary/aromatic N) is 2. The first-order valence-corrected chi connectivity index (χ1v) is 8.05. The first-order valence-electron chi connectivity index (χ1n) is 8.05. The Kier molecular flexibility index (Phi) is 5.59. The number of rotatable bonds is 5. The minimum Gasteiger partial charge on any atom is -0.368 e. The summed E-state index contributed by atoms with van der Waals surface area (Å²) in [6.07, 6.45) is 7.44. The quantitative estimate of drug-likeness (QED) is 0.905. The molecule has 4 nitrogen and oxygen atoms in total. The van der Waals surface area contributed by atoms with E-state index in [4.69, 9.17) is 0 Å². The Balaban J connectivity index is 1.93. The number of carbonyl (C=O) groups is 1. The fourth-order valence-electron chi connectivity index (χ4n) is 3.05. The maximum absolute atomic E-state index is 11.7. The Morgan fingerprint density at radius 1 is 1.48 bits per heavy atom. The normalized spacial score (nSPS) is 18.9. The maximum atomic E-state index is 11.7. The number of likely N-dealkylation sites (tertiary alicyclic amines) is 1. The molecule has 1 aromatic heterocycles. The van der Waals surface area contributed by atoms with Crippen LogP contribution in [0.25, 0.3) is 0 Å². The summed E-state index contributed by atoms with van der Waals surface area (Å²) in [7, 11) is 0. The van der Waals surface area contributed by atoms with Crippen LogP contribution in [0.2, 0.25) is 0 Å². The topological polar surface area (TPSA) is 45.2 Å². The monoisotopic (exact) mass is 289 g/mol. The van der Waals surface area contributed by atoms with E-state index in [9.17, 15) is 4.79 Å². The number of anilines is 1. The van der Waals surface area contributed by atoms with Crippen LogP contribution in [0, 0.1) is 0 Å². The van der Waals surface area contributed by atoms with Crippen LogP contribution in [0.15, 0.2) is 18.3 Å². The molecule has 1 atom stereocenters. The van der Waals surface area contributed by atoms with E-state index < -0.39 is 0 Å². The van der Waals surface area contributed by atoms with Crippen molar-refractivity contribution < 1.29 is 4.79 Å². The minimum atomic E-state index is 0.219. The van der Waals surface area contributed by atoms with Gasteiger partial charge in [-0.25, -0.2) is 4.98 Å². The lowest BCUT2D eigenvalue weighted by Crippen LogP contribution is -2.42. The van der Waals surface area contributed by atoms with Crippen molar-refractivity contribution in [1.82, 2.24) is 9.88 Å². The van der Waals surface area contributed by atoms with Gasteiger partial charge in [-0.15, -0.1) is 0 Å². The molecule has 2 rings (SSSR count). The second kappa shape index (κ2) is 7.43. The smallest absolute Gasteiger partial charge is 0.219 e. The Morgan fingerprint density at radius 2 is 2.29 bits per heavy atom. The van der Waals surface area contributed by atoms with E-state index >= 15 is 0 Å². The average Bonchev–Trinajstić information content (AvgIpc) is 2.45. The third-order valence-corrected chi connectivity index (χ3v) is 4.06. The van der Waals surface area contributed by atoms with E-state index in [0.29, 0.717) is 12.1 Å². The van der Waals surface area contributed by atoms with Gasteiger partial charge in [0.2, 0.25) is 5.91 Å². The summed E-state index contributed by atoms with van der Waals surface area (Å²) in [6.45, 7) is 6.84. The number of piperidine rings is 1. The van der Waals surface area contributed by atoms with Gasteiger partial charge in [-0.05, 0) is 63.6 Å². The molecule has 1 saturated heterocycles. The second-order valence-electron chi connectivity index (χ2n) is 6.25. The zero-order chi connectivity index (χ0) is 15.2. The molecular formula is C17H27N3O. The van der Waals surface area contributed by atoms with Crippen molar-refractivity contribution >= 4 is 11.7 Å². The molecule has 0 spiro atoms. The fraction of sp³-hybridized carbons (Fsp3) is 0.647. The van der Waals surface area contributed by atoms with E-state index in [1.165, 1.54) is 12.0 Å². The molecule has 0 saturated carbocycles. The molecule has 0 radical (unpaired) electrons. The van der Waals surface area contributed by atoms with E-state index in [2.05, 4.69) is 41.2 Å². The third-order valence-electron chi connectivity index (χ3n) is 4.06. The number of aryl methyl sites for hydroxylation is 1. The van der Waals surface area contributed by atoms with Gasteiger partial charge in [-0.2, -0.15) is 0 Å². The van der Waals surface area contributed by atoms with Crippen molar-refractivity contribution in [1.29, 1.82) is 0 Å². The molecule has 1 fully saturated rings. The van der Waals surface area contributed by atoms with Gasteiger partial charge in [-0.1, -0.05) is 0 Å². The molecule has 116 valence electrons. The number of amides is 1. The molecule has 2 heterocycles. The summed E-state index contributed by atoms with van der Waals surface area (Å²) in [5.41, 5.74) is 1.29. The molecule has 1 unspecified atom stereocenters.